The largest absolute Gasteiger partial charge is 0.462 e. The average molecular weight is 320 g/mol. The fourth-order valence-corrected chi connectivity index (χ4v) is 2.40. The lowest BCUT2D eigenvalue weighted by Gasteiger charge is -2.10. The molecule has 1 aromatic carbocycles. The predicted octanol–water partition coefficient (Wildman–Crippen LogP) is 1.96. The first-order valence-electron chi connectivity index (χ1n) is 8.08. The van der Waals surface area contributed by atoms with E-state index in [0.717, 1.165) is 26.0 Å². The lowest BCUT2D eigenvalue weighted by molar-refractivity contribution is -0.116. The Morgan fingerprint density at radius 3 is 2.74 bits per heavy atom. The summed E-state index contributed by atoms with van der Waals surface area (Å²) in [6, 6.07) is 6.68. The molecule has 0 saturated carbocycles. The van der Waals surface area contributed by atoms with E-state index in [-0.39, 0.29) is 18.0 Å². The van der Waals surface area contributed by atoms with Crippen LogP contribution in [-0.2, 0) is 14.3 Å². The fourth-order valence-electron chi connectivity index (χ4n) is 2.40. The zero-order valence-corrected chi connectivity index (χ0v) is 13.5. The van der Waals surface area contributed by atoms with Crippen molar-refractivity contribution >= 4 is 17.6 Å². The molecule has 1 aliphatic heterocycles. The highest BCUT2D eigenvalue weighted by Crippen LogP contribution is 2.11. The average Bonchev–Trinajstić information content (AvgIpc) is 3.06. The van der Waals surface area contributed by atoms with Gasteiger partial charge in [-0.15, -0.1) is 0 Å². The molecule has 1 amide bonds. The molecule has 2 N–H and O–H groups in total. The third-order valence-corrected chi connectivity index (χ3v) is 3.60. The van der Waals surface area contributed by atoms with Gasteiger partial charge in [0.25, 0.3) is 0 Å². The summed E-state index contributed by atoms with van der Waals surface area (Å²) < 4.78 is 10.4. The SMILES string of the molecule is CCOC(=O)c1ccc(NC(=O)CCNCC2CCCO2)cc1. The molecule has 2 rings (SSSR count). The van der Waals surface area contributed by atoms with Crippen LogP contribution in [0.15, 0.2) is 24.3 Å². The number of nitrogens with one attached hydrogen (secondary N) is 2. The molecule has 1 aromatic rings. The monoisotopic (exact) mass is 320 g/mol. The summed E-state index contributed by atoms with van der Waals surface area (Å²) >= 11 is 0. The van der Waals surface area contributed by atoms with Crippen LogP contribution in [0, 0.1) is 0 Å². The van der Waals surface area contributed by atoms with Gasteiger partial charge in [0.05, 0.1) is 18.3 Å². The van der Waals surface area contributed by atoms with Crippen LogP contribution in [0.4, 0.5) is 5.69 Å². The molecular weight excluding hydrogens is 296 g/mol. The molecule has 6 heteroatoms. The minimum atomic E-state index is -0.358. The molecule has 0 radical (unpaired) electrons. The van der Waals surface area contributed by atoms with Crippen molar-refractivity contribution in [2.75, 3.05) is 31.6 Å². The molecule has 23 heavy (non-hydrogen) atoms. The predicted molar refractivity (Wildman–Crippen MR) is 87.5 cm³/mol. The molecule has 6 nitrogen and oxygen atoms in total. The molecule has 1 saturated heterocycles. The van der Waals surface area contributed by atoms with Crippen molar-refractivity contribution in [2.45, 2.75) is 32.3 Å². The molecule has 1 atom stereocenters. The number of carbonyl (C=O) groups is 2. The third kappa shape index (κ3) is 6.00. The van der Waals surface area contributed by atoms with E-state index in [0.29, 0.717) is 30.8 Å². The lowest BCUT2D eigenvalue weighted by Crippen LogP contribution is -2.29. The highest BCUT2D eigenvalue weighted by atomic mass is 16.5. The molecule has 0 aliphatic carbocycles. The second-order valence-electron chi connectivity index (χ2n) is 5.44. The van der Waals surface area contributed by atoms with Gasteiger partial charge in [-0.05, 0) is 44.0 Å². The van der Waals surface area contributed by atoms with Gasteiger partial charge in [0.2, 0.25) is 5.91 Å². The maximum absolute atomic E-state index is 11.9. The number of esters is 1. The van der Waals surface area contributed by atoms with Crippen molar-refractivity contribution in [3.05, 3.63) is 29.8 Å². The van der Waals surface area contributed by atoms with Crippen LogP contribution < -0.4 is 10.6 Å². The number of carbonyl (C=O) groups excluding carboxylic acids is 2. The van der Waals surface area contributed by atoms with E-state index >= 15 is 0 Å². The molecule has 1 fully saturated rings. The second kappa shape index (κ2) is 9.27. The van der Waals surface area contributed by atoms with Crippen LogP contribution >= 0.6 is 0 Å². The van der Waals surface area contributed by atoms with E-state index < -0.39 is 0 Å². The Bertz CT molecular complexity index is 510. The summed E-state index contributed by atoms with van der Waals surface area (Å²) in [5.41, 5.74) is 1.14. The molecule has 0 aromatic heterocycles. The van der Waals surface area contributed by atoms with Gasteiger partial charge in [-0.25, -0.2) is 4.79 Å². The van der Waals surface area contributed by atoms with Gasteiger partial charge >= 0.3 is 5.97 Å². The van der Waals surface area contributed by atoms with E-state index in [9.17, 15) is 9.59 Å². The number of amides is 1. The van der Waals surface area contributed by atoms with Gasteiger partial charge in [0.1, 0.15) is 0 Å². The Morgan fingerprint density at radius 1 is 1.30 bits per heavy atom. The molecule has 1 aliphatic rings. The van der Waals surface area contributed by atoms with Gasteiger partial charge in [0.15, 0.2) is 0 Å². The Balaban J connectivity index is 1.67. The van der Waals surface area contributed by atoms with Crippen molar-refractivity contribution in [3.8, 4) is 0 Å². The van der Waals surface area contributed by atoms with Crippen molar-refractivity contribution in [3.63, 3.8) is 0 Å². The lowest BCUT2D eigenvalue weighted by atomic mass is 10.2. The third-order valence-electron chi connectivity index (χ3n) is 3.60. The first kappa shape index (κ1) is 17.4. The molecule has 126 valence electrons. The first-order valence-corrected chi connectivity index (χ1v) is 8.08. The van der Waals surface area contributed by atoms with Crippen molar-refractivity contribution in [1.29, 1.82) is 0 Å². The van der Waals surface area contributed by atoms with Crippen LogP contribution in [-0.4, -0.2) is 44.3 Å². The normalized spacial score (nSPS) is 17.0. The Hall–Kier alpha value is -1.92. The number of benzene rings is 1. The molecule has 1 unspecified atom stereocenters. The summed E-state index contributed by atoms with van der Waals surface area (Å²) in [6.45, 7) is 4.36. The minimum absolute atomic E-state index is 0.0614. The van der Waals surface area contributed by atoms with Crippen molar-refractivity contribution in [1.82, 2.24) is 5.32 Å². The van der Waals surface area contributed by atoms with Crippen LogP contribution in [0.1, 0.15) is 36.5 Å². The molecular formula is C17H24N2O4. The first-order chi connectivity index (χ1) is 11.2. The van der Waals surface area contributed by atoms with Crippen molar-refractivity contribution in [2.24, 2.45) is 0 Å². The van der Waals surface area contributed by atoms with Crippen molar-refractivity contribution < 1.29 is 19.1 Å². The van der Waals surface area contributed by atoms with Crippen LogP contribution in [0.2, 0.25) is 0 Å². The minimum Gasteiger partial charge on any atom is -0.462 e. The quantitative estimate of drug-likeness (QED) is 0.565. The number of ether oxygens (including phenoxy) is 2. The Labute approximate surface area is 136 Å². The zero-order valence-electron chi connectivity index (χ0n) is 13.5. The van der Waals surface area contributed by atoms with Gasteiger partial charge in [-0.1, -0.05) is 0 Å². The fraction of sp³-hybridized carbons (Fsp3) is 0.529. The second-order valence-corrected chi connectivity index (χ2v) is 5.44. The van der Waals surface area contributed by atoms with Crippen LogP contribution in [0.25, 0.3) is 0 Å². The molecule has 0 spiro atoms. The Morgan fingerprint density at radius 2 is 2.09 bits per heavy atom. The van der Waals surface area contributed by atoms with Gasteiger partial charge in [-0.2, -0.15) is 0 Å². The van der Waals surface area contributed by atoms with E-state index in [1.54, 1.807) is 31.2 Å². The summed E-state index contributed by atoms with van der Waals surface area (Å²) in [7, 11) is 0. The van der Waals surface area contributed by atoms with Gasteiger partial charge in [0, 0.05) is 31.8 Å². The standard InChI is InChI=1S/C17H24N2O4/c1-2-22-17(21)13-5-7-14(8-6-13)19-16(20)9-10-18-12-15-4-3-11-23-15/h5-8,15,18H,2-4,9-12H2,1H3,(H,19,20). The summed E-state index contributed by atoms with van der Waals surface area (Å²) in [5.74, 6) is -0.419. The molecule has 1 heterocycles. The highest BCUT2D eigenvalue weighted by molar-refractivity contribution is 5.93. The van der Waals surface area contributed by atoms with Crippen LogP contribution in [0.3, 0.4) is 0 Å². The highest BCUT2D eigenvalue weighted by Gasteiger charge is 2.14. The molecule has 0 bridgehead atoms. The van der Waals surface area contributed by atoms with E-state index in [4.69, 9.17) is 9.47 Å². The van der Waals surface area contributed by atoms with E-state index in [1.165, 1.54) is 0 Å². The summed E-state index contributed by atoms with van der Waals surface area (Å²) in [6.07, 6.45) is 2.89. The summed E-state index contributed by atoms with van der Waals surface area (Å²) in [5, 5.41) is 6.04. The van der Waals surface area contributed by atoms with E-state index in [2.05, 4.69) is 10.6 Å². The number of anilines is 1. The van der Waals surface area contributed by atoms with Gasteiger partial charge in [-0.3, -0.25) is 4.79 Å². The smallest absolute Gasteiger partial charge is 0.338 e. The number of rotatable bonds is 8. The number of hydrogen-bond donors (Lipinski definition) is 2. The zero-order chi connectivity index (χ0) is 16.5. The number of hydrogen-bond acceptors (Lipinski definition) is 5. The van der Waals surface area contributed by atoms with E-state index in [1.807, 2.05) is 0 Å². The maximum atomic E-state index is 11.9. The van der Waals surface area contributed by atoms with Crippen LogP contribution in [0.5, 0.6) is 0 Å². The Kier molecular flexibility index (Phi) is 7.03. The van der Waals surface area contributed by atoms with Gasteiger partial charge < -0.3 is 20.1 Å². The maximum Gasteiger partial charge on any atom is 0.338 e. The summed E-state index contributed by atoms with van der Waals surface area (Å²) in [4.78, 5) is 23.4. The topological polar surface area (TPSA) is 76.7 Å².